The lowest BCUT2D eigenvalue weighted by molar-refractivity contribution is -0.147. The molecule has 0 aliphatic rings. The summed E-state index contributed by atoms with van der Waals surface area (Å²) in [6.07, 6.45) is -1.82. The lowest BCUT2D eigenvalue weighted by atomic mass is 10.0. The van der Waals surface area contributed by atoms with Crippen LogP contribution in [0.2, 0.25) is 0 Å². The number of carbonyl (C=O) groups is 4. The van der Waals surface area contributed by atoms with Crippen LogP contribution in [0.3, 0.4) is 0 Å². The topological polar surface area (TPSA) is 159 Å². The van der Waals surface area contributed by atoms with Crippen LogP contribution >= 0.6 is 0 Å². The molecular formula is C37H51N5O7. The second-order valence-electron chi connectivity index (χ2n) is 13.7. The van der Waals surface area contributed by atoms with Gasteiger partial charge in [0, 0.05) is 28.5 Å². The van der Waals surface area contributed by atoms with Crippen molar-refractivity contribution in [2.45, 2.75) is 106 Å². The van der Waals surface area contributed by atoms with Gasteiger partial charge in [0.2, 0.25) is 5.91 Å². The molecule has 3 amide bonds. The molecule has 12 heteroatoms. The number of anilines is 2. The summed E-state index contributed by atoms with van der Waals surface area (Å²) < 4.78 is 15.6. The van der Waals surface area contributed by atoms with E-state index < -0.39 is 35.4 Å². The van der Waals surface area contributed by atoms with Gasteiger partial charge in [0.25, 0.3) is 0 Å². The van der Waals surface area contributed by atoms with Crippen LogP contribution in [0.4, 0.5) is 21.0 Å². The van der Waals surface area contributed by atoms with Gasteiger partial charge < -0.3 is 29.7 Å². The Bertz CT molecular complexity index is 1580. The maximum atomic E-state index is 13.7. The maximum Gasteiger partial charge on any atom is 0.413 e. The minimum absolute atomic E-state index is 0.0658. The summed E-state index contributed by atoms with van der Waals surface area (Å²) >= 11 is 0. The van der Waals surface area contributed by atoms with Gasteiger partial charge in [0.15, 0.2) is 0 Å². The number of nitrogens with zero attached hydrogens (tertiary/aromatic N) is 1. The summed E-state index contributed by atoms with van der Waals surface area (Å²) in [7, 11) is 0. The molecule has 12 nitrogen and oxygen atoms in total. The molecule has 0 aliphatic heterocycles. The van der Waals surface area contributed by atoms with Gasteiger partial charge in [0.05, 0.1) is 19.6 Å². The number of aryl methyl sites for hydroxylation is 2. The summed E-state index contributed by atoms with van der Waals surface area (Å²) in [6.45, 7) is 20.0. The van der Waals surface area contributed by atoms with Crippen LogP contribution in [0.5, 0.6) is 0 Å². The largest absolute Gasteiger partial charge is 0.464 e. The second-order valence-corrected chi connectivity index (χ2v) is 13.7. The Morgan fingerprint density at radius 1 is 0.898 bits per heavy atom. The molecule has 49 heavy (non-hydrogen) atoms. The molecule has 0 radical (unpaired) electrons. The van der Waals surface area contributed by atoms with Crippen LogP contribution in [0.25, 0.3) is 0 Å². The minimum Gasteiger partial charge on any atom is -0.464 e. The van der Waals surface area contributed by atoms with Crippen molar-refractivity contribution in [3.05, 3.63) is 58.7 Å². The Kier molecular flexibility index (Phi) is 14.2. The number of esters is 1. The fourth-order valence-electron chi connectivity index (χ4n) is 4.57. The highest BCUT2D eigenvalue weighted by molar-refractivity contribution is 6.04. The number of amides is 3. The van der Waals surface area contributed by atoms with Crippen molar-refractivity contribution in [3.63, 3.8) is 0 Å². The van der Waals surface area contributed by atoms with Crippen molar-refractivity contribution in [1.29, 1.82) is 5.41 Å². The first kappa shape index (κ1) is 40.1. The van der Waals surface area contributed by atoms with Crippen LogP contribution in [-0.2, 0) is 23.8 Å². The average molecular weight is 678 g/mol. The number of hydrogen-bond donors (Lipinski definition) is 4. The third-order valence-corrected chi connectivity index (χ3v) is 6.63. The van der Waals surface area contributed by atoms with Crippen molar-refractivity contribution in [2.75, 3.05) is 23.4 Å². The van der Waals surface area contributed by atoms with Gasteiger partial charge in [-0.1, -0.05) is 11.8 Å². The van der Waals surface area contributed by atoms with Crippen LogP contribution in [-0.4, -0.2) is 66.3 Å². The van der Waals surface area contributed by atoms with Gasteiger partial charge in [0.1, 0.15) is 23.1 Å². The predicted molar refractivity (Wildman–Crippen MR) is 191 cm³/mol. The van der Waals surface area contributed by atoms with E-state index in [2.05, 4.69) is 27.8 Å². The Morgan fingerprint density at radius 3 is 2.04 bits per heavy atom. The molecular weight excluding hydrogens is 626 g/mol. The summed E-state index contributed by atoms with van der Waals surface area (Å²) in [4.78, 5) is 52.4. The third kappa shape index (κ3) is 13.5. The predicted octanol–water partition coefficient (Wildman–Crippen LogP) is 6.21. The number of amidine groups is 1. The number of hydrogen-bond acceptors (Lipinski definition) is 9. The summed E-state index contributed by atoms with van der Waals surface area (Å²) in [6, 6.07) is 9.35. The number of carbonyl (C=O) groups excluding carboxylic acids is 4. The first-order chi connectivity index (χ1) is 22.7. The molecule has 266 valence electrons. The summed E-state index contributed by atoms with van der Waals surface area (Å²) in [5.41, 5.74) is 3.02. The van der Waals surface area contributed by atoms with Crippen molar-refractivity contribution < 1.29 is 33.4 Å². The van der Waals surface area contributed by atoms with E-state index in [1.54, 1.807) is 77.6 Å². The Morgan fingerprint density at radius 2 is 1.49 bits per heavy atom. The Balaban J connectivity index is 2.14. The Labute approximate surface area is 290 Å². The zero-order valence-corrected chi connectivity index (χ0v) is 30.5. The number of alkyl carbamates (subject to hydrolysis) is 2. The molecule has 0 aliphatic carbocycles. The lowest BCUT2D eigenvalue weighted by Gasteiger charge is -2.30. The van der Waals surface area contributed by atoms with E-state index >= 15 is 0 Å². The van der Waals surface area contributed by atoms with E-state index in [4.69, 9.17) is 19.6 Å². The van der Waals surface area contributed by atoms with Crippen LogP contribution in [0.1, 0.15) is 91.0 Å². The van der Waals surface area contributed by atoms with E-state index in [1.807, 2.05) is 39.8 Å². The van der Waals surface area contributed by atoms with Gasteiger partial charge in [-0.25, -0.2) is 14.4 Å². The van der Waals surface area contributed by atoms with Crippen molar-refractivity contribution in [2.24, 2.45) is 0 Å². The van der Waals surface area contributed by atoms with Crippen LogP contribution in [0, 0.1) is 31.1 Å². The smallest absolute Gasteiger partial charge is 0.413 e. The van der Waals surface area contributed by atoms with Crippen LogP contribution < -0.4 is 20.9 Å². The van der Waals surface area contributed by atoms with Gasteiger partial charge in [-0.2, -0.15) is 0 Å². The molecule has 1 atom stereocenters. The number of ether oxygens (including phenoxy) is 3. The molecule has 0 bridgehead atoms. The fraction of sp³-hybridized carbons (Fsp3) is 0.486. The van der Waals surface area contributed by atoms with Crippen molar-refractivity contribution in [1.82, 2.24) is 10.6 Å². The highest BCUT2D eigenvalue weighted by Crippen LogP contribution is 2.27. The number of benzene rings is 2. The second kappa shape index (κ2) is 17.4. The first-order valence-electron chi connectivity index (χ1n) is 16.2. The van der Waals surface area contributed by atoms with E-state index in [9.17, 15) is 19.2 Å². The molecule has 2 aromatic carbocycles. The van der Waals surface area contributed by atoms with Gasteiger partial charge in [-0.3, -0.25) is 15.5 Å². The molecule has 0 heterocycles. The molecule has 2 rings (SSSR count). The molecule has 0 saturated carbocycles. The van der Waals surface area contributed by atoms with E-state index in [-0.39, 0.29) is 30.8 Å². The summed E-state index contributed by atoms with van der Waals surface area (Å²) in [5.74, 6) is 5.16. The molecule has 4 N–H and O–H groups in total. The molecule has 2 aromatic rings. The van der Waals surface area contributed by atoms with E-state index in [0.29, 0.717) is 17.8 Å². The SMILES string of the molecule is CCOC(=O)C(CC(=O)N(c1cc(C)c(C#CCNc2ccc(C(=N)NC(=O)OC(C)(C)C)cc2)cc1C)C(C)C)NC(=O)OC(C)(C)C. The molecule has 0 saturated heterocycles. The normalized spacial score (nSPS) is 11.8. The minimum atomic E-state index is -1.22. The standard InChI is InChI=1S/C37H51N5O7/c1-12-47-33(44)29(40-34(45)48-36(6,7)8)22-31(43)42(23(2)3)30-21-24(4)27(20-25(30)5)14-13-19-39-28-17-15-26(16-18-28)32(38)41-35(46)49-37(9,10)11/h15-18,20-21,23,29,39H,12,19,22H2,1-11H3,(H,40,45)(H2,38,41,46). The summed E-state index contributed by atoms with van der Waals surface area (Å²) in [5, 5.41) is 16.3. The average Bonchev–Trinajstić information content (AvgIpc) is 2.95. The molecule has 0 aromatic heterocycles. The zero-order valence-electron chi connectivity index (χ0n) is 30.5. The lowest BCUT2D eigenvalue weighted by Crippen LogP contribution is -2.48. The fourth-order valence-corrected chi connectivity index (χ4v) is 4.57. The van der Waals surface area contributed by atoms with Gasteiger partial charge in [-0.15, -0.1) is 0 Å². The van der Waals surface area contributed by atoms with Crippen molar-refractivity contribution in [3.8, 4) is 11.8 Å². The van der Waals surface area contributed by atoms with E-state index in [0.717, 1.165) is 22.4 Å². The highest BCUT2D eigenvalue weighted by Gasteiger charge is 2.31. The molecule has 0 spiro atoms. The molecule has 0 fully saturated rings. The van der Waals surface area contributed by atoms with Gasteiger partial charge in [-0.05, 0) is 124 Å². The number of rotatable bonds is 10. The maximum absolute atomic E-state index is 13.7. The first-order valence-corrected chi connectivity index (χ1v) is 16.2. The number of nitrogens with one attached hydrogen (secondary N) is 4. The van der Waals surface area contributed by atoms with Crippen LogP contribution in [0.15, 0.2) is 36.4 Å². The highest BCUT2D eigenvalue weighted by atomic mass is 16.6. The zero-order chi connectivity index (χ0) is 37.1. The quantitative estimate of drug-likeness (QED) is 0.0760. The third-order valence-electron chi connectivity index (χ3n) is 6.63. The Hall–Kier alpha value is -5.05. The van der Waals surface area contributed by atoms with Gasteiger partial charge >= 0.3 is 18.2 Å². The van der Waals surface area contributed by atoms with E-state index in [1.165, 1.54) is 0 Å². The monoisotopic (exact) mass is 677 g/mol. The van der Waals surface area contributed by atoms with Crippen molar-refractivity contribution >= 4 is 41.3 Å². The molecule has 1 unspecified atom stereocenters.